The molecule has 158 valence electrons. The maximum atomic E-state index is 11.0. The van der Waals surface area contributed by atoms with Crippen molar-refractivity contribution >= 4 is 17.4 Å². The van der Waals surface area contributed by atoms with Crippen LogP contribution in [0.1, 0.15) is 42.1 Å². The van der Waals surface area contributed by atoms with Gasteiger partial charge >= 0.3 is 0 Å². The van der Waals surface area contributed by atoms with Crippen molar-refractivity contribution in [1.29, 1.82) is 0 Å². The number of nitro benzene ring substituents is 1. The zero-order valence-corrected chi connectivity index (χ0v) is 18.0. The zero-order valence-electron chi connectivity index (χ0n) is 17.2. The number of hydrogen-bond donors (Lipinski definition) is 0. The van der Waals surface area contributed by atoms with Crippen molar-refractivity contribution in [3.8, 4) is 11.5 Å². The van der Waals surface area contributed by atoms with Crippen LogP contribution in [0.3, 0.4) is 0 Å². The molecular weight excluding hydrogens is 406 g/mol. The number of rotatable bonds is 9. The molecule has 0 saturated heterocycles. The summed E-state index contributed by atoms with van der Waals surface area (Å²) in [6, 6.07) is 12.4. The molecule has 0 aliphatic carbocycles. The van der Waals surface area contributed by atoms with Crippen LogP contribution in [-0.2, 0) is 15.9 Å². The Hall–Kier alpha value is -2.75. The lowest BCUT2D eigenvalue weighted by atomic mass is 10.0. The molecule has 1 heterocycles. The van der Waals surface area contributed by atoms with Gasteiger partial charge in [-0.3, -0.25) is 10.1 Å². The maximum Gasteiger partial charge on any atom is 0.277 e. The molecule has 1 unspecified atom stereocenters. The summed E-state index contributed by atoms with van der Waals surface area (Å²) in [7, 11) is 3.19. The Balaban J connectivity index is 1.81. The van der Waals surface area contributed by atoms with Crippen LogP contribution in [0.25, 0.3) is 11.5 Å². The van der Waals surface area contributed by atoms with Crippen LogP contribution in [-0.4, -0.2) is 29.3 Å². The van der Waals surface area contributed by atoms with Crippen LogP contribution in [0.2, 0.25) is 0 Å². The molecule has 30 heavy (non-hydrogen) atoms. The van der Waals surface area contributed by atoms with Gasteiger partial charge in [-0.15, -0.1) is 10.2 Å². The molecule has 0 amide bonds. The average Bonchev–Trinajstić information content (AvgIpc) is 3.22. The monoisotopic (exact) mass is 429 g/mol. The van der Waals surface area contributed by atoms with Crippen molar-refractivity contribution < 1.29 is 18.8 Å². The summed E-state index contributed by atoms with van der Waals surface area (Å²) in [5, 5.41) is 19.7. The third-order valence-corrected chi connectivity index (χ3v) is 5.67. The largest absolute Gasteiger partial charge is 0.411 e. The number of ether oxygens (including phenoxy) is 2. The lowest BCUT2D eigenvalue weighted by Crippen LogP contribution is -2.04. The second-order valence-corrected chi connectivity index (χ2v) is 7.85. The van der Waals surface area contributed by atoms with Gasteiger partial charge in [0.05, 0.1) is 4.92 Å². The number of aryl methyl sites for hydroxylation is 1. The summed E-state index contributed by atoms with van der Waals surface area (Å²) in [4.78, 5) is 10.6. The maximum absolute atomic E-state index is 11.0. The van der Waals surface area contributed by atoms with Crippen LogP contribution in [0.15, 0.2) is 52.1 Å². The molecule has 0 aliphatic heterocycles. The number of thioether (sulfide) groups is 1. The normalized spacial score (nSPS) is 12.3. The van der Waals surface area contributed by atoms with Crippen molar-refractivity contribution in [2.75, 3.05) is 14.2 Å². The van der Waals surface area contributed by atoms with Crippen LogP contribution in [0.4, 0.5) is 5.69 Å². The van der Waals surface area contributed by atoms with Crippen molar-refractivity contribution in [3.63, 3.8) is 0 Å². The predicted octanol–water partition coefficient (Wildman–Crippen LogP) is 5.35. The van der Waals surface area contributed by atoms with E-state index in [1.54, 1.807) is 26.4 Å². The molecule has 1 atom stereocenters. The fourth-order valence-corrected chi connectivity index (χ4v) is 3.91. The van der Waals surface area contributed by atoms with E-state index < -0.39 is 11.2 Å². The van der Waals surface area contributed by atoms with Crippen molar-refractivity contribution in [2.45, 2.75) is 37.0 Å². The molecule has 0 spiro atoms. The fraction of sp³-hybridized carbons (Fsp3) is 0.333. The first-order chi connectivity index (χ1) is 14.5. The standard InChI is InChI=1S/C21H23N3O5S/c1-5-14-11-16(20(27-3)28-4)9-10-18(14)19-22-23-21(29-19)30-13(2)15-7-6-8-17(12-15)24(25)26/h6-13,20H,5H2,1-4H3. The summed E-state index contributed by atoms with van der Waals surface area (Å²) in [5.41, 5.74) is 3.68. The Morgan fingerprint density at radius 3 is 2.57 bits per heavy atom. The van der Waals surface area contributed by atoms with E-state index in [1.165, 1.54) is 17.8 Å². The zero-order chi connectivity index (χ0) is 21.7. The van der Waals surface area contributed by atoms with E-state index in [1.807, 2.05) is 38.1 Å². The summed E-state index contributed by atoms with van der Waals surface area (Å²) in [6.45, 7) is 3.99. The summed E-state index contributed by atoms with van der Waals surface area (Å²) in [5.74, 6) is 0.429. The van der Waals surface area contributed by atoms with Gasteiger partial charge in [-0.1, -0.05) is 36.9 Å². The van der Waals surface area contributed by atoms with Gasteiger partial charge in [0, 0.05) is 42.7 Å². The molecule has 2 aromatic carbocycles. The third-order valence-electron chi connectivity index (χ3n) is 4.68. The molecule has 3 rings (SSSR count). The molecule has 0 radical (unpaired) electrons. The van der Waals surface area contributed by atoms with Gasteiger partial charge < -0.3 is 13.9 Å². The van der Waals surface area contributed by atoms with E-state index in [-0.39, 0.29) is 10.9 Å². The first-order valence-corrected chi connectivity index (χ1v) is 10.3. The molecule has 8 nitrogen and oxygen atoms in total. The minimum Gasteiger partial charge on any atom is -0.411 e. The number of benzene rings is 2. The second kappa shape index (κ2) is 9.84. The quantitative estimate of drug-likeness (QED) is 0.194. The highest BCUT2D eigenvalue weighted by Crippen LogP contribution is 2.37. The molecule has 9 heteroatoms. The average molecular weight is 429 g/mol. The molecule has 0 aliphatic rings. The fourth-order valence-electron chi connectivity index (χ4n) is 3.11. The highest BCUT2D eigenvalue weighted by atomic mass is 32.2. The highest BCUT2D eigenvalue weighted by molar-refractivity contribution is 7.99. The van der Waals surface area contributed by atoms with Crippen LogP contribution >= 0.6 is 11.8 Å². The molecule has 3 aromatic rings. The number of non-ortho nitro benzene ring substituents is 1. The Bertz CT molecular complexity index is 1020. The summed E-state index contributed by atoms with van der Waals surface area (Å²) < 4.78 is 16.5. The first kappa shape index (κ1) is 21.9. The Labute approximate surface area is 178 Å². The highest BCUT2D eigenvalue weighted by Gasteiger charge is 2.19. The van der Waals surface area contributed by atoms with Crippen LogP contribution in [0.5, 0.6) is 0 Å². The van der Waals surface area contributed by atoms with Crippen molar-refractivity contribution in [1.82, 2.24) is 10.2 Å². The van der Waals surface area contributed by atoms with E-state index >= 15 is 0 Å². The van der Waals surface area contributed by atoms with Gasteiger partial charge in [0.1, 0.15) is 0 Å². The van der Waals surface area contributed by atoms with Crippen molar-refractivity contribution in [2.24, 2.45) is 0 Å². The number of aromatic nitrogens is 2. The van der Waals surface area contributed by atoms with Gasteiger partial charge in [0.15, 0.2) is 6.29 Å². The van der Waals surface area contributed by atoms with E-state index in [0.29, 0.717) is 11.1 Å². The van der Waals surface area contributed by atoms with Gasteiger partial charge in [-0.25, -0.2) is 0 Å². The molecular formula is C21H23N3O5S. The summed E-state index contributed by atoms with van der Waals surface area (Å²) >= 11 is 1.36. The number of nitrogens with zero attached hydrogens (tertiary/aromatic N) is 3. The summed E-state index contributed by atoms with van der Waals surface area (Å²) in [6.07, 6.45) is 0.340. The van der Waals surface area contributed by atoms with Gasteiger partial charge in [0.2, 0.25) is 5.89 Å². The third kappa shape index (κ3) is 4.86. The van der Waals surface area contributed by atoms with Gasteiger partial charge in [0.25, 0.3) is 10.9 Å². The Morgan fingerprint density at radius 2 is 1.90 bits per heavy atom. The smallest absolute Gasteiger partial charge is 0.277 e. The Kier molecular flexibility index (Phi) is 7.20. The van der Waals surface area contributed by atoms with E-state index in [9.17, 15) is 10.1 Å². The minimum atomic E-state index is -0.436. The topological polar surface area (TPSA) is 101 Å². The first-order valence-electron chi connectivity index (χ1n) is 9.40. The van der Waals surface area contributed by atoms with Crippen LogP contribution in [0, 0.1) is 10.1 Å². The van der Waals surface area contributed by atoms with Gasteiger partial charge in [-0.05, 0) is 36.6 Å². The molecule has 0 N–H and O–H groups in total. The number of methoxy groups -OCH3 is 2. The number of hydrogen-bond acceptors (Lipinski definition) is 8. The SMILES string of the molecule is CCc1cc(C(OC)OC)ccc1-c1nnc(SC(C)c2cccc([N+](=O)[O-])c2)o1. The van der Waals surface area contributed by atoms with Crippen LogP contribution < -0.4 is 0 Å². The minimum absolute atomic E-state index is 0.0595. The second-order valence-electron chi connectivity index (χ2n) is 6.56. The van der Waals surface area contributed by atoms with E-state index in [2.05, 4.69) is 10.2 Å². The van der Waals surface area contributed by atoms with Crippen molar-refractivity contribution in [3.05, 3.63) is 69.3 Å². The molecule has 0 fully saturated rings. The van der Waals surface area contributed by atoms with E-state index in [0.717, 1.165) is 28.7 Å². The predicted molar refractivity (Wildman–Crippen MR) is 113 cm³/mol. The molecule has 1 aromatic heterocycles. The molecule has 0 saturated carbocycles. The van der Waals surface area contributed by atoms with E-state index in [4.69, 9.17) is 13.9 Å². The number of nitro groups is 1. The molecule has 0 bridgehead atoms. The lowest BCUT2D eigenvalue weighted by molar-refractivity contribution is -0.384. The van der Waals surface area contributed by atoms with Gasteiger partial charge in [-0.2, -0.15) is 0 Å². The lowest BCUT2D eigenvalue weighted by Gasteiger charge is -2.15. The Morgan fingerprint density at radius 1 is 1.13 bits per heavy atom.